The number of aliphatic carboxylic acids is 2. The molecule has 0 aromatic heterocycles. The molecule has 33 heavy (non-hydrogen) atoms. The molecule has 11 heteroatoms. The maximum atomic E-state index is 11.0. The summed E-state index contributed by atoms with van der Waals surface area (Å²) in [6.07, 6.45) is 2.82. The van der Waals surface area contributed by atoms with Gasteiger partial charge < -0.3 is 19.8 Å². The molecular weight excluding hydrogens is 472 g/mol. The molecule has 0 aliphatic carbocycles. The average Bonchev–Trinajstić information content (AvgIpc) is 2.66. The predicted molar refractivity (Wildman–Crippen MR) is 111 cm³/mol. The van der Waals surface area contributed by atoms with Crippen LogP contribution < -0.4 is 10.2 Å². The molecule has 1 atom stereocenters. The maximum absolute atomic E-state index is 11.0. The van der Waals surface area contributed by atoms with Gasteiger partial charge in [-0.2, -0.15) is 4.89 Å². The topological polar surface area (TPSA) is 167 Å². The third-order valence-corrected chi connectivity index (χ3v) is 3.49. The van der Waals surface area contributed by atoms with Crippen molar-refractivity contribution in [3.05, 3.63) is 0 Å². The maximum Gasteiger partial charge on any atom is 2.00 e. The van der Waals surface area contributed by atoms with Gasteiger partial charge in [-0.15, -0.1) is 0 Å². The van der Waals surface area contributed by atoms with Crippen LogP contribution in [0.3, 0.4) is 0 Å². The number of carbonyl (C=O) groups is 6. The third-order valence-electron chi connectivity index (χ3n) is 3.49. The molecule has 0 aromatic rings. The largest absolute Gasteiger partial charge is 2.00 e. The summed E-state index contributed by atoms with van der Waals surface area (Å²) in [7, 11) is 0. The van der Waals surface area contributed by atoms with Crippen molar-refractivity contribution in [1.29, 1.82) is 0 Å². The van der Waals surface area contributed by atoms with Crippen molar-refractivity contribution in [3.63, 3.8) is 0 Å². The Kier molecular flexibility index (Phi) is 30.6. The quantitative estimate of drug-likeness (QED) is 0.135. The van der Waals surface area contributed by atoms with Crippen LogP contribution >= 0.6 is 0 Å². The molecule has 0 amide bonds. The molecule has 0 bridgehead atoms. The van der Waals surface area contributed by atoms with Gasteiger partial charge in [0.05, 0.1) is 0 Å². The summed E-state index contributed by atoms with van der Waals surface area (Å²) in [4.78, 5) is 71.5. The molecule has 0 saturated carbocycles. The van der Waals surface area contributed by atoms with Crippen molar-refractivity contribution in [2.45, 2.75) is 105 Å². The van der Waals surface area contributed by atoms with E-state index in [9.17, 15) is 39.0 Å². The summed E-state index contributed by atoms with van der Waals surface area (Å²) >= 11 is 0. The van der Waals surface area contributed by atoms with Crippen LogP contribution in [0, 0.1) is 0 Å². The summed E-state index contributed by atoms with van der Waals surface area (Å²) in [5.74, 6) is -3.79. The number of carboxylic acid groups (broad SMARTS) is 2. The SMILES string of the molecule is CCCC(=O)CC(=O)OOC(C)CC.CCCC(=O)CC(=O)[O-].CCCC(=O)CC(=O)[O-].[Ti+2]. The van der Waals surface area contributed by atoms with Crippen molar-refractivity contribution in [3.8, 4) is 0 Å². The van der Waals surface area contributed by atoms with Crippen LogP contribution in [0.5, 0.6) is 0 Å². The van der Waals surface area contributed by atoms with E-state index in [2.05, 4.69) is 4.89 Å². The number of carboxylic acids is 2. The molecule has 0 spiro atoms. The second-order valence-electron chi connectivity index (χ2n) is 6.91. The van der Waals surface area contributed by atoms with E-state index in [-0.39, 0.29) is 51.6 Å². The Morgan fingerprint density at radius 2 is 1.00 bits per heavy atom. The van der Waals surface area contributed by atoms with Gasteiger partial charge in [-0.05, 0) is 32.6 Å². The molecule has 188 valence electrons. The molecule has 0 saturated heterocycles. The smallest absolute Gasteiger partial charge is 0.550 e. The summed E-state index contributed by atoms with van der Waals surface area (Å²) in [5.41, 5.74) is 0. The van der Waals surface area contributed by atoms with Gasteiger partial charge >= 0.3 is 27.7 Å². The molecule has 0 aliphatic rings. The molecule has 1 unspecified atom stereocenters. The Morgan fingerprint density at radius 1 is 0.667 bits per heavy atom. The first kappa shape index (κ1) is 38.4. The minimum absolute atomic E-state index is 0. The van der Waals surface area contributed by atoms with Gasteiger partial charge in [0.2, 0.25) is 0 Å². The predicted octanol–water partition coefficient (Wildman–Crippen LogP) is 1.01. The molecule has 0 heterocycles. The van der Waals surface area contributed by atoms with Crippen molar-refractivity contribution in [2.24, 2.45) is 0 Å². The summed E-state index contributed by atoms with van der Waals surface area (Å²) < 4.78 is 0. The van der Waals surface area contributed by atoms with Crippen molar-refractivity contribution in [1.82, 2.24) is 0 Å². The van der Waals surface area contributed by atoms with E-state index in [4.69, 9.17) is 4.89 Å². The first-order valence-corrected chi connectivity index (χ1v) is 10.7. The first-order valence-electron chi connectivity index (χ1n) is 10.7. The van der Waals surface area contributed by atoms with Crippen LogP contribution in [-0.2, 0) is 60.3 Å². The molecule has 0 aliphatic heterocycles. The number of hydrogen-bond acceptors (Lipinski definition) is 10. The number of Topliss-reactive ketones (excluding diaryl/α,β-unsaturated/α-hetero) is 3. The van der Waals surface area contributed by atoms with E-state index in [0.717, 1.165) is 12.8 Å². The van der Waals surface area contributed by atoms with Crippen LogP contribution in [0.1, 0.15) is 98.8 Å². The fraction of sp³-hybridized carbons (Fsp3) is 0.727. The van der Waals surface area contributed by atoms with Crippen LogP contribution in [0.2, 0.25) is 0 Å². The number of carbonyl (C=O) groups excluding carboxylic acids is 6. The van der Waals surface area contributed by atoms with E-state index in [1.54, 1.807) is 6.92 Å². The van der Waals surface area contributed by atoms with Crippen LogP contribution in [0.15, 0.2) is 0 Å². The summed E-state index contributed by atoms with van der Waals surface area (Å²) in [6.45, 7) is 9.25. The Labute approximate surface area is 210 Å². The normalized spacial score (nSPS) is 10.1. The van der Waals surface area contributed by atoms with Gasteiger partial charge in [0.15, 0.2) is 0 Å². The fourth-order valence-corrected chi connectivity index (χ4v) is 1.82. The zero-order valence-electron chi connectivity index (χ0n) is 20.2. The fourth-order valence-electron chi connectivity index (χ4n) is 1.82. The van der Waals surface area contributed by atoms with Gasteiger partial charge in [-0.3, -0.25) is 19.3 Å². The van der Waals surface area contributed by atoms with E-state index in [1.165, 1.54) is 0 Å². The molecule has 0 fully saturated rings. The van der Waals surface area contributed by atoms with Crippen molar-refractivity contribution < 1.29 is 70.5 Å². The Hall–Kier alpha value is -1.91. The second-order valence-corrected chi connectivity index (χ2v) is 6.91. The van der Waals surface area contributed by atoms with Gasteiger partial charge in [-0.25, -0.2) is 4.79 Å². The van der Waals surface area contributed by atoms with E-state index < -0.39 is 30.7 Å². The van der Waals surface area contributed by atoms with Gasteiger partial charge in [0.1, 0.15) is 29.9 Å². The van der Waals surface area contributed by atoms with E-state index in [1.807, 2.05) is 27.7 Å². The number of rotatable bonds is 15. The van der Waals surface area contributed by atoms with E-state index in [0.29, 0.717) is 32.1 Å². The zero-order chi connectivity index (χ0) is 25.5. The monoisotopic (exact) mass is 508 g/mol. The molecular formula is C22H36O10Ti. The van der Waals surface area contributed by atoms with E-state index >= 15 is 0 Å². The Morgan fingerprint density at radius 3 is 1.27 bits per heavy atom. The van der Waals surface area contributed by atoms with Crippen LogP contribution in [-0.4, -0.2) is 41.4 Å². The van der Waals surface area contributed by atoms with Crippen molar-refractivity contribution in [2.75, 3.05) is 0 Å². The van der Waals surface area contributed by atoms with Crippen molar-refractivity contribution >= 4 is 35.3 Å². The number of hydrogen-bond donors (Lipinski definition) is 0. The standard InChI is InChI=1S/C10H18O4.2C6H10O3.Ti/c1-4-6-9(11)7-10(12)14-13-8(3)5-2;2*1-2-3-5(7)4-6(8)9;/h8H,4-7H2,1-3H3;2*2-4H2,1H3,(H,8,9);/q;;;+2/p-2. The molecule has 0 N–H and O–H groups in total. The summed E-state index contributed by atoms with van der Waals surface area (Å²) in [5, 5.41) is 19.5. The number of ketones is 3. The van der Waals surface area contributed by atoms with Crippen LogP contribution in [0.4, 0.5) is 0 Å². The molecule has 0 aromatic carbocycles. The minimum Gasteiger partial charge on any atom is -0.550 e. The second kappa shape index (κ2) is 26.3. The minimum atomic E-state index is -1.28. The zero-order valence-corrected chi connectivity index (χ0v) is 21.8. The van der Waals surface area contributed by atoms with Gasteiger partial charge in [0, 0.05) is 44.0 Å². The van der Waals surface area contributed by atoms with Gasteiger partial charge in [-0.1, -0.05) is 27.7 Å². The molecule has 0 radical (unpaired) electrons. The Bertz CT molecular complexity index is 560. The molecule has 0 rings (SSSR count). The van der Waals surface area contributed by atoms with Gasteiger partial charge in [0.25, 0.3) is 0 Å². The first-order chi connectivity index (χ1) is 14.9. The Balaban J connectivity index is -0.000000196. The van der Waals surface area contributed by atoms with Crippen LogP contribution in [0.25, 0.3) is 0 Å². The third kappa shape index (κ3) is 34.9. The molecule has 10 nitrogen and oxygen atoms in total. The summed E-state index contributed by atoms with van der Waals surface area (Å²) in [6, 6.07) is 0. The average molecular weight is 508 g/mol.